The molecule has 0 aliphatic rings. The maximum atomic E-state index is 11.0. The van der Waals surface area contributed by atoms with Crippen molar-refractivity contribution in [1.29, 1.82) is 0 Å². The van der Waals surface area contributed by atoms with Crippen molar-refractivity contribution < 1.29 is 4.92 Å². The Morgan fingerprint density at radius 1 is 1.30 bits per heavy atom. The number of nitro benzene ring substituents is 1. The Morgan fingerprint density at radius 2 is 2.05 bits per heavy atom. The van der Waals surface area contributed by atoms with Crippen molar-refractivity contribution in [3.8, 4) is 0 Å². The molecule has 0 aliphatic carbocycles. The highest BCUT2D eigenvalue weighted by Crippen LogP contribution is 2.27. The molecule has 4 nitrogen and oxygen atoms in total. The zero-order valence-electron chi connectivity index (χ0n) is 10.7. The van der Waals surface area contributed by atoms with E-state index in [-0.39, 0.29) is 5.69 Å². The minimum atomic E-state index is -0.393. The number of benzene rings is 2. The smallest absolute Gasteiger partial charge is 0.292 e. The van der Waals surface area contributed by atoms with Gasteiger partial charge in [0.05, 0.1) is 9.95 Å². The number of nitrogens with one attached hydrogen (secondary N) is 1. The number of anilines is 1. The van der Waals surface area contributed by atoms with Gasteiger partial charge in [0.2, 0.25) is 0 Å². The molecule has 0 radical (unpaired) electrons. The standard InChI is InChI=1S/C14H12BrClN2O2/c1-9-2-5-14(18(19)20)13(6-9)17-8-10-3-4-11(15)12(16)7-10/h2-7,17H,8H2,1H3. The van der Waals surface area contributed by atoms with E-state index < -0.39 is 4.92 Å². The van der Waals surface area contributed by atoms with Crippen LogP contribution in [0.2, 0.25) is 5.02 Å². The van der Waals surface area contributed by atoms with E-state index in [1.807, 2.05) is 25.1 Å². The summed E-state index contributed by atoms with van der Waals surface area (Å²) in [6, 6.07) is 10.6. The van der Waals surface area contributed by atoms with Gasteiger partial charge in [-0.25, -0.2) is 0 Å². The molecule has 0 saturated heterocycles. The normalized spacial score (nSPS) is 10.3. The molecule has 0 saturated carbocycles. The van der Waals surface area contributed by atoms with Crippen LogP contribution in [-0.4, -0.2) is 4.92 Å². The Kier molecular flexibility index (Phi) is 4.62. The minimum absolute atomic E-state index is 0.0683. The minimum Gasteiger partial charge on any atom is -0.375 e. The van der Waals surface area contributed by atoms with Gasteiger partial charge < -0.3 is 5.32 Å². The third kappa shape index (κ3) is 3.49. The SMILES string of the molecule is Cc1ccc([N+](=O)[O-])c(NCc2ccc(Br)c(Cl)c2)c1. The molecule has 20 heavy (non-hydrogen) atoms. The molecule has 2 aromatic carbocycles. The van der Waals surface area contributed by atoms with E-state index >= 15 is 0 Å². The molecular formula is C14H12BrClN2O2. The molecule has 0 bridgehead atoms. The summed E-state index contributed by atoms with van der Waals surface area (Å²) in [7, 11) is 0. The lowest BCUT2D eigenvalue weighted by Crippen LogP contribution is -2.03. The Balaban J connectivity index is 2.20. The molecule has 0 atom stereocenters. The van der Waals surface area contributed by atoms with Gasteiger partial charge in [-0.05, 0) is 52.2 Å². The van der Waals surface area contributed by atoms with Crippen molar-refractivity contribution in [2.45, 2.75) is 13.5 Å². The maximum Gasteiger partial charge on any atom is 0.292 e. The van der Waals surface area contributed by atoms with Crippen LogP contribution >= 0.6 is 27.5 Å². The summed E-state index contributed by atoms with van der Waals surface area (Å²) < 4.78 is 0.824. The highest BCUT2D eigenvalue weighted by atomic mass is 79.9. The zero-order chi connectivity index (χ0) is 14.7. The average Bonchev–Trinajstić information content (AvgIpc) is 2.40. The van der Waals surface area contributed by atoms with E-state index in [1.165, 1.54) is 6.07 Å². The van der Waals surface area contributed by atoms with Crippen molar-refractivity contribution in [2.24, 2.45) is 0 Å². The number of hydrogen-bond donors (Lipinski definition) is 1. The van der Waals surface area contributed by atoms with Gasteiger partial charge in [-0.15, -0.1) is 0 Å². The lowest BCUT2D eigenvalue weighted by Gasteiger charge is -2.09. The Bertz CT molecular complexity index is 662. The van der Waals surface area contributed by atoms with Crippen LogP contribution in [0.5, 0.6) is 0 Å². The van der Waals surface area contributed by atoms with Gasteiger partial charge in [0.1, 0.15) is 5.69 Å². The first-order valence-electron chi connectivity index (χ1n) is 5.90. The molecule has 0 aromatic heterocycles. The molecular weight excluding hydrogens is 344 g/mol. The third-order valence-corrected chi connectivity index (χ3v) is 4.05. The Morgan fingerprint density at radius 3 is 2.70 bits per heavy atom. The second kappa shape index (κ2) is 6.24. The molecule has 0 fully saturated rings. The number of rotatable bonds is 4. The monoisotopic (exact) mass is 354 g/mol. The van der Waals surface area contributed by atoms with Gasteiger partial charge in [0, 0.05) is 17.1 Å². The molecule has 2 aromatic rings. The summed E-state index contributed by atoms with van der Waals surface area (Å²) in [6.07, 6.45) is 0. The van der Waals surface area contributed by atoms with Crippen LogP contribution in [0, 0.1) is 17.0 Å². The van der Waals surface area contributed by atoms with Crippen LogP contribution in [0.4, 0.5) is 11.4 Å². The van der Waals surface area contributed by atoms with Crippen LogP contribution in [0.3, 0.4) is 0 Å². The second-order valence-corrected chi connectivity index (χ2v) is 5.64. The molecule has 0 unspecified atom stereocenters. The summed E-state index contributed by atoms with van der Waals surface area (Å²) >= 11 is 9.34. The number of hydrogen-bond acceptors (Lipinski definition) is 3. The van der Waals surface area contributed by atoms with Crippen LogP contribution in [0.15, 0.2) is 40.9 Å². The predicted octanol–water partition coefficient (Wildman–Crippen LogP) is 4.93. The number of aryl methyl sites for hydroxylation is 1. The lowest BCUT2D eigenvalue weighted by molar-refractivity contribution is -0.384. The molecule has 2 rings (SSSR count). The predicted molar refractivity (Wildman–Crippen MR) is 84.3 cm³/mol. The lowest BCUT2D eigenvalue weighted by atomic mass is 10.1. The molecule has 0 spiro atoms. The highest BCUT2D eigenvalue weighted by Gasteiger charge is 2.13. The van der Waals surface area contributed by atoms with E-state index in [0.717, 1.165) is 15.6 Å². The van der Waals surface area contributed by atoms with Crippen molar-refractivity contribution in [3.05, 3.63) is 67.1 Å². The van der Waals surface area contributed by atoms with Gasteiger partial charge in [0.25, 0.3) is 5.69 Å². The number of halogens is 2. The molecule has 0 amide bonds. The first-order valence-corrected chi connectivity index (χ1v) is 7.07. The molecule has 0 aliphatic heterocycles. The topological polar surface area (TPSA) is 55.2 Å². The molecule has 0 heterocycles. The summed E-state index contributed by atoms with van der Waals surface area (Å²) in [5.41, 5.74) is 2.49. The summed E-state index contributed by atoms with van der Waals surface area (Å²) in [6.45, 7) is 2.36. The summed E-state index contributed by atoms with van der Waals surface area (Å²) in [5, 5.41) is 14.7. The van der Waals surface area contributed by atoms with Crippen molar-refractivity contribution >= 4 is 38.9 Å². The van der Waals surface area contributed by atoms with Crippen LogP contribution in [0.1, 0.15) is 11.1 Å². The van der Waals surface area contributed by atoms with Crippen molar-refractivity contribution in [3.63, 3.8) is 0 Å². The summed E-state index contributed by atoms with van der Waals surface area (Å²) in [4.78, 5) is 10.6. The van der Waals surface area contributed by atoms with Gasteiger partial charge in [-0.1, -0.05) is 23.7 Å². The average molecular weight is 356 g/mol. The van der Waals surface area contributed by atoms with Crippen LogP contribution < -0.4 is 5.32 Å². The van der Waals surface area contributed by atoms with E-state index in [2.05, 4.69) is 21.2 Å². The quantitative estimate of drug-likeness (QED) is 0.625. The Labute approximate surface area is 130 Å². The van der Waals surface area contributed by atoms with Gasteiger partial charge >= 0.3 is 0 Å². The maximum absolute atomic E-state index is 11.0. The van der Waals surface area contributed by atoms with E-state index in [1.54, 1.807) is 12.1 Å². The molecule has 1 N–H and O–H groups in total. The Hall–Kier alpha value is -1.59. The van der Waals surface area contributed by atoms with Gasteiger partial charge in [-0.3, -0.25) is 10.1 Å². The molecule has 104 valence electrons. The van der Waals surface area contributed by atoms with Crippen LogP contribution in [0.25, 0.3) is 0 Å². The highest BCUT2D eigenvalue weighted by molar-refractivity contribution is 9.10. The fourth-order valence-electron chi connectivity index (χ4n) is 1.80. The third-order valence-electron chi connectivity index (χ3n) is 2.82. The first-order chi connectivity index (χ1) is 9.47. The van der Waals surface area contributed by atoms with Gasteiger partial charge in [-0.2, -0.15) is 0 Å². The van der Waals surface area contributed by atoms with Crippen molar-refractivity contribution in [2.75, 3.05) is 5.32 Å². The first kappa shape index (κ1) is 14.8. The summed E-state index contributed by atoms with van der Waals surface area (Å²) in [5.74, 6) is 0. The largest absolute Gasteiger partial charge is 0.375 e. The van der Waals surface area contributed by atoms with Crippen LogP contribution in [-0.2, 0) is 6.54 Å². The fourth-order valence-corrected chi connectivity index (χ4v) is 2.25. The van der Waals surface area contributed by atoms with Gasteiger partial charge in [0.15, 0.2) is 0 Å². The number of nitrogens with zero attached hydrogens (tertiary/aromatic N) is 1. The second-order valence-electron chi connectivity index (χ2n) is 4.38. The van der Waals surface area contributed by atoms with E-state index in [0.29, 0.717) is 17.3 Å². The van der Waals surface area contributed by atoms with E-state index in [4.69, 9.17) is 11.6 Å². The van der Waals surface area contributed by atoms with E-state index in [9.17, 15) is 10.1 Å². The fraction of sp³-hybridized carbons (Fsp3) is 0.143. The molecule has 6 heteroatoms. The number of nitro groups is 1. The zero-order valence-corrected chi connectivity index (χ0v) is 13.0. The van der Waals surface area contributed by atoms with Crippen molar-refractivity contribution in [1.82, 2.24) is 0 Å².